The van der Waals surface area contributed by atoms with Crippen LogP contribution in [0.4, 0.5) is 17.6 Å². The predicted octanol–water partition coefficient (Wildman–Crippen LogP) is 2.83. The smallest absolute Gasteiger partial charge is 0.417 e. The van der Waals surface area contributed by atoms with E-state index in [1.165, 1.54) is 11.0 Å². The van der Waals surface area contributed by atoms with E-state index in [0.29, 0.717) is 19.3 Å². The molecule has 4 nitrogen and oxygen atoms in total. The molecule has 3 fully saturated rings. The second-order valence-electron chi connectivity index (χ2n) is 5.95. The first-order chi connectivity index (χ1) is 10.9. The molecular formula is C15H16F4N2O2. The van der Waals surface area contributed by atoms with Crippen molar-refractivity contribution in [3.05, 3.63) is 23.9 Å². The number of nitrogens with zero attached hydrogens (tertiary/aromatic N) is 2. The first-order valence-corrected chi connectivity index (χ1v) is 7.42. The van der Waals surface area contributed by atoms with Crippen molar-refractivity contribution in [2.75, 3.05) is 6.67 Å². The van der Waals surface area contributed by atoms with Gasteiger partial charge in [0.1, 0.15) is 12.8 Å². The first kappa shape index (κ1) is 16.0. The van der Waals surface area contributed by atoms with E-state index in [1.807, 2.05) is 0 Å². The zero-order valence-corrected chi connectivity index (χ0v) is 12.2. The molecule has 0 spiro atoms. The molecule has 1 saturated carbocycles. The van der Waals surface area contributed by atoms with Crippen molar-refractivity contribution >= 4 is 6.41 Å². The third kappa shape index (κ3) is 2.98. The van der Waals surface area contributed by atoms with Crippen LogP contribution in [0.25, 0.3) is 0 Å². The molecule has 0 radical (unpaired) electrons. The van der Waals surface area contributed by atoms with Gasteiger partial charge in [-0.3, -0.25) is 4.79 Å². The van der Waals surface area contributed by atoms with Crippen LogP contribution in [0.2, 0.25) is 0 Å². The summed E-state index contributed by atoms with van der Waals surface area (Å²) in [5.41, 5.74) is -0.845. The van der Waals surface area contributed by atoms with Crippen molar-refractivity contribution in [1.29, 1.82) is 0 Å². The van der Waals surface area contributed by atoms with Crippen molar-refractivity contribution < 1.29 is 27.1 Å². The van der Waals surface area contributed by atoms with E-state index in [4.69, 9.17) is 4.74 Å². The normalized spacial score (nSPS) is 30.3. The van der Waals surface area contributed by atoms with Crippen LogP contribution in [0.5, 0.6) is 5.88 Å². The minimum atomic E-state index is -4.45. The zero-order valence-electron chi connectivity index (χ0n) is 12.2. The highest BCUT2D eigenvalue weighted by Gasteiger charge is 2.47. The molecule has 3 aliphatic rings. The number of piperidine rings is 2. The third-order valence-electron chi connectivity index (χ3n) is 4.72. The number of rotatable bonds is 4. The minimum absolute atomic E-state index is 0.00893. The summed E-state index contributed by atoms with van der Waals surface area (Å²) in [6.45, 7) is -0.592. The van der Waals surface area contributed by atoms with Gasteiger partial charge in [-0.25, -0.2) is 9.37 Å². The highest BCUT2D eigenvalue weighted by atomic mass is 19.4. The van der Waals surface area contributed by atoms with Gasteiger partial charge in [-0.2, -0.15) is 13.2 Å². The number of carbonyl (C=O) groups excluding carboxylic acids is 1. The van der Waals surface area contributed by atoms with Gasteiger partial charge in [0, 0.05) is 12.3 Å². The van der Waals surface area contributed by atoms with Crippen molar-refractivity contribution in [2.45, 2.75) is 43.6 Å². The molecule has 126 valence electrons. The van der Waals surface area contributed by atoms with E-state index in [0.717, 1.165) is 18.7 Å². The van der Waals surface area contributed by atoms with Crippen LogP contribution in [0.15, 0.2) is 18.3 Å². The molecule has 4 atom stereocenters. The van der Waals surface area contributed by atoms with Crippen LogP contribution in [-0.4, -0.2) is 41.2 Å². The fourth-order valence-electron chi connectivity index (χ4n) is 3.59. The number of ether oxygens (including phenoxy) is 1. The molecule has 3 heterocycles. The number of carbonyl (C=O) groups is 1. The number of hydrogen-bond acceptors (Lipinski definition) is 3. The Morgan fingerprint density at radius 1 is 1.35 bits per heavy atom. The lowest BCUT2D eigenvalue weighted by atomic mass is 9.73. The first-order valence-electron chi connectivity index (χ1n) is 7.42. The summed E-state index contributed by atoms with van der Waals surface area (Å²) in [7, 11) is 0. The van der Waals surface area contributed by atoms with Gasteiger partial charge in [0.25, 0.3) is 0 Å². The second kappa shape index (κ2) is 5.98. The minimum Gasteiger partial charge on any atom is -0.472 e. The van der Waals surface area contributed by atoms with Crippen LogP contribution < -0.4 is 4.74 Å². The Bertz CT molecular complexity index is 564. The van der Waals surface area contributed by atoms with Crippen molar-refractivity contribution in [1.82, 2.24) is 9.88 Å². The fraction of sp³-hybridized carbons (Fsp3) is 0.600. The molecule has 8 heteroatoms. The summed E-state index contributed by atoms with van der Waals surface area (Å²) in [5, 5.41) is 0. The number of halogens is 4. The Labute approximate surface area is 130 Å². The molecule has 23 heavy (non-hydrogen) atoms. The fourth-order valence-corrected chi connectivity index (χ4v) is 3.59. The SMILES string of the molecule is O=CN1[C@H](CF)[C@@H]2CC[C@H]1[C@H](Oc1ccc(C(F)(F)F)cn1)C2. The number of pyridine rings is 1. The van der Waals surface area contributed by atoms with Crippen LogP contribution in [0, 0.1) is 5.92 Å². The summed E-state index contributed by atoms with van der Waals surface area (Å²) < 4.78 is 56.4. The molecule has 0 unspecified atom stereocenters. The van der Waals surface area contributed by atoms with Crippen LogP contribution >= 0.6 is 0 Å². The largest absolute Gasteiger partial charge is 0.472 e. The molecule has 2 aliphatic heterocycles. The number of fused-ring (bicyclic) bond motifs is 3. The third-order valence-corrected chi connectivity index (χ3v) is 4.72. The van der Waals surface area contributed by atoms with E-state index in [-0.39, 0.29) is 23.9 Å². The summed E-state index contributed by atoms with van der Waals surface area (Å²) >= 11 is 0. The molecule has 1 aromatic rings. The number of aromatic nitrogens is 1. The Morgan fingerprint density at radius 3 is 2.70 bits per heavy atom. The van der Waals surface area contributed by atoms with Crippen LogP contribution in [-0.2, 0) is 11.0 Å². The van der Waals surface area contributed by atoms with Gasteiger partial charge in [-0.15, -0.1) is 0 Å². The quantitative estimate of drug-likeness (QED) is 0.629. The summed E-state index contributed by atoms with van der Waals surface area (Å²) in [4.78, 5) is 16.4. The lowest BCUT2D eigenvalue weighted by Gasteiger charge is -2.52. The standard InChI is InChI=1S/C15H16F4N2O2/c16-6-12-9-1-3-11(21(12)8-22)13(5-9)23-14-4-2-10(7-20-14)15(17,18)19/h2,4,7-9,11-13H,1,3,5-6H2/t9-,11+,12-,13-/m1/s1. The van der Waals surface area contributed by atoms with Crippen molar-refractivity contribution in [2.24, 2.45) is 5.92 Å². The van der Waals surface area contributed by atoms with Gasteiger partial charge in [-0.1, -0.05) is 0 Å². The Morgan fingerprint density at radius 2 is 2.13 bits per heavy atom. The molecule has 4 rings (SSSR count). The van der Waals surface area contributed by atoms with Gasteiger partial charge in [0.05, 0.1) is 17.6 Å². The molecule has 0 aromatic carbocycles. The van der Waals surface area contributed by atoms with Crippen LogP contribution in [0.3, 0.4) is 0 Å². The lowest BCUT2D eigenvalue weighted by Crippen LogP contribution is -2.62. The number of amides is 1. The average molecular weight is 332 g/mol. The predicted molar refractivity (Wildman–Crippen MR) is 72.5 cm³/mol. The van der Waals surface area contributed by atoms with E-state index in [9.17, 15) is 22.4 Å². The van der Waals surface area contributed by atoms with Gasteiger partial charge in [0.15, 0.2) is 0 Å². The second-order valence-corrected chi connectivity index (χ2v) is 5.95. The highest BCUT2D eigenvalue weighted by molar-refractivity contribution is 5.50. The molecule has 0 N–H and O–H groups in total. The number of alkyl halides is 4. The zero-order chi connectivity index (χ0) is 16.6. The van der Waals surface area contributed by atoms with E-state index >= 15 is 0 Å². The molecule has 2 saturated heterocycles. The topological polar surface area (TPSA) is 42.4 Å². The average Bonchev–Trinajstić information content (AvgIpc) is 2.54. The lowest BCUT2D eigenvalue weighted by molar-refractivity contribution is -0.141. The Kier molecular flexibility index (Phi) is 4.16. The van der Waals surface area contributed by atoms with Gasteiger partial charge < -0.3 is 9.64 Å². The van der Waals surface area contributed by atoms with E-state index < -0.39 is 24.5 Å². The van der Waals surface area contributed by atoms with Crippen molar-refractivity contribution in [3.63, 3.8) is 0 Å². The number of hydrogen-bond donors (Lipinski definition) is 0. The summed E-state index contributed by atoms with van der Waals surface area (Å²) in [6.07, 6.45) is -1.36. The van der Waals surface area contributed by atoms with Gasteiger partial charge in [0.2, 0.25) is 12.3 Å². The molecule has 1 aliphatic carbocycles. The maximum Gasteiger partial charge on any atom is 0.417 e. The molecule has 2 bridgehead atoms. The monoisotopic (exact) mass is 332 g/mol. The van der Waals surface area contributed by atoms with Crippen LogP contribution in [0.1, 0.15) is 24.8 Å². The summed E-state index contributed by atoms with van der Waals surface area (Å²) in [5.74, 6) is 0.0906. The molecule has 1 aromatic heterocycles. The summed E-state index contributed by atoms with van der Waals surface area (Å²) in [6, 6.07) is 1.39. The maximum atomic E-state index is 13.1. The Hall–Kier alpha value is -1.86. The van der Waals surface area contributed by atoms with Crippen molar-refractivity contribution in [3.8, 4) is 5.88 Å². The van der Waals surface area contributed by atoms with E-state index in [2.05, 4.69) is 4.98 Å². The highest BCUT2D eigenvalue weighted by Crippen LogP contribution is 2.40. The Balaban J connectivity index is 1.73. The van der Waals surface area contributed by atoms with E-state index in [1.54, 1.807) is 0 Å². The van der Waals surface area contributed by atoms with Gasteiger partial charge >= 0.3 is 6.18 Å². The molecular weight excluding hydrogens is 316 g/mol. The molecule has 1 amide bonds. The van der Waals surface area contributed by atoms with Gasteiger partial charge in [-0.05, 0) is 31.2 Å². The maximum absolute atomic E-state index is 13.1.